The zero-order valence-electron chi connectivity index (χ0n) is 19.1. The van der Waals surface area contributed by atoms with E-state index in [1.165, 1.54) is 31.2 Å². The Morgan fingerprint density at radius 2 is 1.68 bits per heavy atom. The first-order valence-electron chi connectivity index (χ1n) is 11.2. The Morgan fingerprint density at radius 1 is 0.968 bits per heavy atom. The van der Waals surface area contributed by atoms with E-state index in [2.05, 4.69) is 44.8 Å². The molecule has 31 heavy (non-hydrogen) atoms. The van der Waals surface area contributed by atoms with Gasteiger partial charge in [0.1, 0.15) is 5.75 Å². The summed E-state index contributed by atoms with van der Waals surface area (Å²) in [6, 6.07) is 15.7. The predicted octanol–water partition coefficient (Wildman–Crippen LogP) is 6.68. The molecule has 0 bridgehead atoms. The minimum absolute atomic E-state index is 0.0669. The fraction of sp³-hybridized carbons (Fsp3) is 0.407. The Labute approximate surface area is 186 Å². The molecule has 0 fully saturated rings. The van der Waals surface area contributed by atoms with E-state index < -0.39 is 5.97 Å². The summed E-state index contributed by atoms with van der Waals surface area (Å²) in [6.45, 7) is 9.38. The van der Waals surface area contributed by atoms with Gasteiger partial charge in [-0.2, -0.15) is 0 Å². The predicted molar refractivity (Wildman–Crippen MR) is 126 cm³/mol. The highest BCUT2D eigenvalue weighted by atomic mass is 16.6. The van der Waals surface area contributed by atoms with Crippen LogP contribution < -0.4 is 4.74 Å². The smallest absolute Gasteiger partial charge is 0.363 e. The minimum Gasteiger partial charge on any atom is -0.493 e. The average molecular weight is 420 g/mol. The maximum atomic E-state index is 12.4. The van der Waals surface area contributed by atoms with Crippen LogP contribution in [-0.4, -0.2) is 18.5 Å². The summed E-state index contributed by atoms with van der Waals surface area (Å²) in [6.07, 6.45) is 7.68. The number of ether oxygens (including phenoxy) is 2. The van der Waals surface area contributed by atoms with Crippen molar-refractivity contribution in [1.29, 1.82) is 0 Å². The van der Waals surface area contributed by atoms with E-state index in [4.69, 9.17) is 9.47 Å². The molecule has 2 aromatic rings. The lowest BCUT2D eigenvalue weighted by molar-refractivity contribution is -0.129. The molecule has 4 nitrogen and oxygen atoms in total. The molecule has 0 saturated carbocycles. The number of rotatable bonds is 9. The number of esters is 1. The molecule has 164 valence electrons. The Morgan fingerprint density at radius 3 is 2.39 bits per heavy atom. The number of cyclic esters (lactones) is 1. The van der Waals surface area contributed by atoms with Gasteiger partial charge in [-0.1, -0.05) is 83.7 Å². The van der Waals surface area contributed by atoms with Gasteiger partial charge in [0.15, 0.2) is 5.70 Å². The summed E-state index contributed by atoms with van der Waals surface area (Å²) in [7, 11) is 0. The van der Waals surface area contributed by atoms with Crippen LogP contribution >= 0.6 is 0 Å². The molecule has 3 rings (SSSR count). The normalized spacial score (nSPS) is 15.2. The van der Waals surface area contributed by atoms with E-state index in [1.54, 1.807) is 6.08 Å². The summed E-state index contributed by atoms with van der Waals surface area (Å²) in [5.74, 6) is 0.659. The SMILES string of the molecule is CCCCCCCOc1ccccc1C=C1N=C(c2ccc(C(C)(C)C)cc2)OC1=O. The van der Waals surface area contributed by atoms with Gasteiger partial charge in [0.25, 0.3) is 0 Å². The quantitative estimate of drug-likeness (QED) is 0.259. The number of carbonyl (C=O) groups excluding carboxylic acids is 1. The van der Waals surface area contributed by atoms with Crippen molar-refractivity contribution in [3.63, 3.8) is 0 Å². The molecule has 0 unspecified atom stereocenters. The molecule has 0 saturated heterocycles. The van der Waals surface area contributed by atoms with Crippen LogP contribution in [0.3, 0.4) is 0 Å². The highest BCUT2D eigenvalue weighted by Crippen LogP contribution is 2.26. The van der Waals surface area contributed by atoms with E-state index in [-0.39, 0.29) is 11.1 Å². The van der Waals surface area contributed by atoms with Crippen LogP contribution in [0.4, 0.5) is 0 Å². The van der Waals surface area contributed by atoms with Gasteiger partial charge in [0, 0.05) is 11.1 Å². The van der Waals surface area contributed by atoms with Crippen molar-refractivity contribution in [1.82, 2.24) is 0 Å². The summed E-state index contributed by atoms with van der Waals surface area (Å²) < 4.78 is 11.4. The molecule has 0 atom stereocenters. The minimum atomic E-state index is -0.440. The lowest BCUT2D eigenvalue weighted by atomic mass is 9.87. The summed E-state index contributed by atoms with van der Waals surface area (Å²) in [5.41, 5.74) is 3.20. The van der Waals surface area contributed by atoms with Crippen molar-refractivity contribution in [2.75, 3.05) is 6.61 Å². The van der Waals surface area contributed by atoms with Gasteiger partial charge in [-0.15, -0.1) is 0 Å². The second-order valence-electron chi connectivity index (χ2n) is 8.96. The van der Waals surface area contributed by atoms with Gasteiger partial charge >= 0.3 is 5.97 Å². The standard InChI is InChI=1S/C27H33NO3/c1-5-6-7-8-11-18-30-24-13-10-9-12-21(24)19-23-26(29)31-25(28-23)20-14-16-22(17-15-20)27(2,3)4/h9-10,12-17,19H,5-8,11,18H2,1-4H3. The van der Waals surface area contributed by atoms with Crippen molar-refractivity contribution in [3.8, 4) is 5.75 Å². The first-order valence-corrected chi connectivity index (χ1v) is 11.2. The first kappa shape index (κ1) is 22.8. The number of benzene rings is 2. The average Bonchev–Trinajstić information content (AvgIpc) is 3.11. The molecular weight excluding hydrogens is 386 g/mol. The molecule has 1 aliphatic heterocycles. The van der Waals surface area contributed by atoms with Gasteiger partial charge in [-0.05, 0) is 41.7 Å². The summed E-state index contributed by atoms with van der Waals surface area (Å²) in [5, 5.41) is 0. The Hall–Kier alpha value is -2.88. The zero-order chi connectivity index (χ0) is 22.3. The molecule has 4 heteroatoms. The van der Waals surface area contributed by atoms with Crippen LogP contribution in [0.1, 0.15) is 76.5 Å². The number of nitrogens with zero attached hydrogens (tertiary/aromatic N) is 1. The number of unbranched alkanes of at least 4 members (excludes halogenated alkanes) is 4. The Kier molecular flexibility index (Phi) is 7.67. The van der Waals surface area contributed by atoms with Crippen molar-refractivity contribution >= 4 is 17.9 Å². The molecule has 2 aromatic carbocycles. The molecule has 0 aromatic heterocycles. The Balaban J connectivity index is 1.72. The topological polar surface area (TPSA) is 47.9 Å². The van der Waals surface area contributed by atoms with Crippen LogP contribution in [0.5, 0.6) is 5.75 Å². The van der Waals surface area contributed by atoms with E-state index in [0.29, 0.717) is 12.5 Å². The second-order valence-corrected chi connectivity index (χ2v) is 8.96. The number of hydrogen-bond acceptors (Lipinski definition) is 4. The van der Waals surface area contributed by atoms with E-state index >= 15 is 0 Å². The highest BCUT2D eigenvalue weighted by Gasteiger charge is 2.25. The van der Waals surface area contributed by atoms with Gasteiger partial charge in [0.05, 0.1) is 6.61 Å². The van der Waals surface area contributed by atoms with Crippen LogP contribution in [0.25, 0.3) is 6.08 Å². The third kappa shape index (κ3) is 6.30. The van der Waals surface area contributed by atoms with E-state index in [1.807, 2.05) is 36.4 Å². The highest BCUT2D eigenvalue weighted by molar-refractivity contribution is 6.12. The van der Waals surface area contributed by atoms with Gasteiger partial charge in [-0.25, -0.2) is 9.79 Å². The van der Waals surface area contributed by atoms with Crippen molar-refractivity contribution in [3.05, 3.63) is 70.9 Å². The lowest BCUT2D eigenvalue weighted by Gasteiger charge is -2.18. The third-order valence-electron chi connectivity index (χ3n) is 5.34. The summed E-state index contributed by atoms with van der Waals surface area (Å²) in [4.78, 5) is 16.9. The monoisotopic (exact) mass is 419 g/mol. The maximum absolute atomic E-state index is 12.4. The number of para-hydroxylation sites is 1. The van der Waals surface area contributed by atoms with Gasteiger partial charge in [0.2, 0.25) is 5.90 Å². The fourth-order valence-corrected chi connectivity index (χ4v) is 3.41. The van der Waals surface area contributed by atoms with E-state index in [9.17, 15) is 4.79 Å². The number of aliphatic imine (C=N–C) groups is 1. The fourth-order valence-electron chi connectivity index (χ4n) is 3.41. The van der Waals surface area contributed by atoms with Crippen molar-refractivity contribution in [2.45, 2.75) is 65.2 Å². The van der Waals surface area contributed by atoms with Crippen LogP contribution in [0.2, 0.25) is 0 Å². The molecular formula is C27H33NO3. The molecule has 0 aliphatic carbocycles. The molecule has 0 spiro atoms. The largest absolute Gasteiger partial charge is 0.493 e. The van der Waals surface area contributed by atoms with Gasteiger partial charge < -0.3 is 9.47 Å². The molecule has 1 heterocycles. The molecule has 0 amide bonds. The van der Waals surface area contributed by atoms with Gasteiger partial charge in [-0.3, -0.25) is 0 Å². The van der Waals surface area contributed by atoms with Crippen molar-refractivity contribution in [2.24, 2.45) is 4.99 Å². The molecule has 1 aliphatic rings. The van der Waals surface area contributed by atoms with Crippen molar-refractivity contribution < 1.29 is 14.3 Å². The van der Waals surface area contributed by atoms with Crippen LogP contribution in [-0.2, 0) is 14.9 Å². The molecule has 0 N–H and O–H groups in total. The maximum Gasteiger partial charge on any atom is 0.363 e. The zero-order valence-corrected chi connectivity index (χ0v) is 19.1. The van der Waals surface area contributed by atoms with E-state index in [0.717, 1.165) is 23.3 Å². The number of hydrogen-bond donors (Lipinski definition) is 0. The third-order valence-corrected chi connectivity index (χ3v) is 5.34. The molecule has 0 radical (unpaired) electrons. The summed E-state index contributed by atoms with van der Waals surface area (Å²) >= 11 is 0. The first-order chi connectivity index (χ1) is 14.9. The lowest BCUT2D eigenvalue weighted by Crippen LogP contribution is -2.11. The Bertz CT molecular complexity index is 949. The second kappa shape index (κ2) is 10.4. The number of carbonyl (C=O) groups is 1. The van der Waals surface area contributed by atoms with Crippen LogP contribution in [0.15, 0.2) is 59.2 Å². The van der Waals surface area contributed by atoms with Crippen LogP contribution in [0, 0.1) is 0 Å².